The van der Waals surface area contributed by atoms with Crippen molar-refractivity contribution in [1.29, 1.82) is 0 Å². The van der Waals surface area contributed by atoms with E-state index >= 15 is 0 Å². The topological polar surface area (TPSA) is 86.8 Å². The molecule has 7 nitrogen and oxygen atoms in total. The van der Waals surface area contributed by atoms with Crippen LogP contribution in [0.3, 0.4) is 0 Å². The molecule has 9 heteroatoms. The van der Waals surface area contributed by atoms with Gasteiger partial charge in [-0.15, -0.1) is 0 Å². The Hall–Kier alpha value is -3.36. The lowest BCUT2D eigenvalue weighted by Crippen LogP contribution is -2.52. The zero-order valence-electron chi connectivity index (χ0n) is 22.3. The summed E-state index contributed by atoms with van der Waals surface area (Å²) in [5.74, 6) is -0.836. The number of anilines is 1. The van der Waals surface area contributed by atoms with Crippen LogP contribution in [0.5, 0.6) is 0 Å². The van der Waals surface area contributed by atoms with Crippen molar-refractivity contribution >= 4 is 39.1 Å². The molecule has 3 aromatic carbocycles. The van der Waals surface area contributed by atoms with E-state index in [-0.39, 0.29) is 23.4 Å². The van der Waals surface area contributed by atoms with Crippen LogP contribution in [0.15, 0.2) is 77.7 Å². The Morgan fingerprint density at radius 3 is 2.13 bits per heavy atom. The molecule has 0 radical (unpaired) electrons. The van der Waals surface area contributed by atoms with Crippen LogP contribution in [-0.2, 0) is 26.2 Å². The van der Waals surface area contributed by atoms with Crippen molar-refractivity contribution in [2.45, 2.75) is 58.1 Å². The van der Waals surface area contributed by atoms with Gasteiger partial charge in [-0.05, 0) is 76.1 Å². The summed E-state index contributed by atoms with van der Waals surface area (Å²) < 4.78 is 28.8. The number of nitrogens with zero attached hydrogens (tertiary/aromatic N) is 2. The normalized spacial score (nSPS) is 12.2. The number of hydrogen-bond donors (Lipinski definition) is 1. The molecule has 0 bridgehead atoms. The number of nitrogens with one attached hydrogen (secondary N) is 1. The maximum Gasteiger partial charge on any atom is 0.264 e. The van der Waals surface area contributed by atoms with E-state index in [9.17, 15) is 18.0 Å². The van der Waals surface area contributed by atoms with Gasteiger partial charge < -0.3 is 10.2 Å². The van der Waals surface area contributed by atoms with E-state index in [0.29, 0.717) is 16.3 Å². The third-order valence-electron chi connectivity index (χ3n) is 6.10. The largest absolute Gasteiger partial charge is 0.352 e. The minimum atomic E-state index is -4.09. The summed E-state index contributed by atoms with van der Waals surface area (Å²) in [4.78, 5) is 28.3. The number of halogens is 1. The molecule has 1 N–H and O–H groups in total. The Morgan fingerprint density at radius 1 is 0.921 bits per heavy atom. The maximum atomic E-state index is 13.9. The molecule has 0 aliphatic carbocycles. The molecule has 2 amide bonds. The number of sulfonamides is 1. The van der Waals surface area contributed by atoms with Gasteiger partial charge in [0.1, 0.15) is 12.6 Å². The predicted octanol–water partition coefficient (Wildman–Crippen LogP) is 5.09. The van der Waals surface area contributed by atoms with E-state index in [1.54, 1.807) is 55.5 Å². The van der Waals surface area contributed by atoms with Gasteiger partial charge in [0, 0.05) is 17.6 Å². The average molecular weight is 556 g/mol. The van der Waals surface area contributed by atoms with E-state index in [1.807, 2.05) is 39.8 Å². The minimum Gasteiger partial charge on any atom is -0.352 e. The molecule has 0 aliphatic heterocycles. The van der Waals surface area contributed by atoms with Gasteiger partial charge >= 0.3 is 0 Å². The summed E-state index contributed by atoms with van der Waals surface area (Å²) in [5.41, 5.74) is 2.85. The van der Waals surface area contributed by atoms with E-state index in [4.69, 9.17) is 11.6 Å². The molecule has 0 aliphatic rings. The summed E-state index contributed by atoms with van der Waals surface area (Å²) >= 11 is 6.03. The SMILES string of the molecule is Cc1ccc(N(CC(=O)N(Cc2ccc(Cl)cc2)C(C)C(=O)NC(C)C)S(=O)(=O)c2ccccc2)c(C)c1. The van der Waals surface area contributed by atoms with Crippen molar-refractivity contribution in [3.8, 4) is 0 Å². The Balaban J connectivity index is 2.05. The van der Waals surface area contributed by atoms with Crippen molar-refractivity contribution < 1.29 is 18.0 Å². The molecule has 3 aromatic rings. The fourth-order valence-electron chi connectivity index (χ4n) is 4.09. The van der Waals surface area contributed by atoms with Crippen LogP contribution in [0, 0.1) is 13.8 Å². The number of carbonyl (C=O) groups is 2. The summed E-state index contributed by atoms with van der Waals surface area (Å²) in [6, 6.07) is 19.4. The van der Waals surface area contributed by atoms with Crippen molar-refractivity contribution in [2.24, 2.45) is 0 Å². The van der Waals surface area contributed by atoms with Crippen molar-refractivity contribution in [2.75, 3.05) is 10.8 Å². The third kappa shape index (κ3) is 7.14. The first-order valence-corrected chi connectivity index (χ1v) is 14.2. The van der Waals surface area contributed by atoms with E-state index in [0.717, 1.165) is 15.4 Å². The first-order valence-electron chi connectivity index (χ1n) is 12.4. The average Bonchev–Trinajstić information content (AvgIpc) is 2.87. The van der Waals surface area contributed by atoms with Gasteiger partial charge in [0.15, 0.2) is 0 Å². The van der Waals surface area contributed by atoms with Crippen LogP contribution >= 0.6 is 11.6 Å². The Labute approximate surface area is 230 Å². The molecule has 0 fully saturated rings. The van der Waals surface area contributed by atoms with Crippen LogP contribution in [0.2, 0.25) is 5.02 Å². The smallest absolute Gasteiger partial charge is 0.264 e. The summed E-state index contributed by atoms with van der Waals surface area (Å²) in [6.07, 6.45) is 0. The maximum absolute atomic E-state index is 13.9. The molecule has 0 saturated heterocycles. The predicted molar refractivity (Wildman–Crippen MR) is 152 cm³/mol. The molecule has 0 saturated carbocycles. The number of rotatable bonds is 10. The minimum absolute atomic E-state index is 0.0719. The number of carbonyl (C=O) groups excluding carboxylic acids is 2. The Kier molecular flexibility index (Phi) is 9.57. The lowest BCUT2D eigenvalue weighted by Gasteiger charge is -2.32. The first kappa shape index (κ1) is 29.2. The summed E-state index contributed by atoms with van der Waals surface area (Å²) in [5, 5.41) is 3.39. The molecule has 0 spiro atoms. The lowest BCUT2D eigenvalue weighted by atomic mass is 10.1. The number of benzene rings is 3. The van der Waals surface area contributed by atoms with E-state index in [1.165, 1.54) is 17.0 Å². The second-order valence-corrected chi connectivity index (χ2v) is 11.9. The quantitative estimate of drug-likeness (QED) is 0.377. The summed E-state index contributed by atoms with van der Waals surface area (Å²) in [7, 11) is -4.09. The van der Waals surface area contributed by atoms with Crippen LogP contribution in [0.1, 0.15) is 37.5 Å². The van der Waals surface area contributed by atoms with Crippen molar-refractivity contribution in [3.05, 3.63) is 94.5 Å². The highest BCUT2D eigenvalue weighted by Crippen LogP contribution is 2.28. The number of amides is 2. The van der Waals surface area contributed by atoms with Crippen molar-refractivity contribution in [3.63, 3.8) is 0 Å². The van der Waals surface area contributed by atoms with Crippen LogP contribution in [0.4, 0.5) is 5.69 Å². The Bertz CT molecular complexity index is 1380. The molecule has 1 unspecified atom stereocenters. The van der Waals surface area contributed by atoms with Gasteiger partial charge in [0.05, 0.1) is 10.6 Å². The third-order valence-corrected chi connectivity index (χ3v) is 8.12. The second kappa shape index (κ2) is 12.5. The van der Waals surface area contributed by atoms with Crippen molar-refractivity contribution in [1.82, 2.24) is 10.2 Å². The van der Waals surface area contributed by atoms with E-state index in [2.05, 4.69) is 5.32 Å². The fraction of sp³-hybridized carbons (Fsp3) is 0.310. The highest BCUT2D eigenvalue weighted by Gasteiger charge is 2.33. The van der Waals surface area contributed by atoms with Crippen LogP contribution in [0.25, 0.3) is 0 Å². The number of aryl methyl sites for hydroxylation is 2. The zero-order valence-corrected chi connectivity index (χ0v) is 23.9. The zero-order chi connectivity index (χ0) is 28.0. The van der Waals surface area contributed by atoms with Gasteiger partial charge in [-0.1, -0.05) is 59.6 Å². The van der Waals surface area contributed by atoms with Gasteiger partial charge in [-0.3, -0.25) is 13.9 Å². The monoisotopic (exact) mass is 555 g/mol. The Morgan fingerprint density at radius 2 is 1.55 bits per heavy atom. The van der Waals surface area contributed by atoms with Crippen LogP contribution < -0.4 is 9.62 Å². The lowest BCUT2D eigenvalue weighted by molar-refractivity contribution is -0.139. The molecular weight excluding hydrogens is 522 g/mol. The highest BCUT2D eigenvalue weighted by atomic mass is 35.5. The molecule has 38 heavy (non-hydrogen) atoms. The van der Waals surface area contributed by atoms with Gasteiger partial charge in [-0.2, -0.15) is 0 Å². The second-order valence-electron chi connectivity index (χ2n) is 9.60. The molecule has 0 aromatic heterocycles. The van der Waals surface area contributed by atoms with Crippen LogP contribution in [-0.4, -0.2) is 43.8 Å². The fourth-order valence-corrected chi connectivity index (χ4v) is 5.72. The standard InChI is InChI=1S/C29H34ClN3O4S/c1-20(2)31-29(35)23(5)32(18-24-12-14-25(30)15-13-24)28(34)19-33(27-16-11-21(3)17-22(27)4)38(36,37)26-9-7-6-8-10-26/h6-17,20,23H,18-19H2,1-5H3,(H,31,35). The van der Waals surface area contributed by atoms with Gasteiger partial charge in [0.25, 0.3) is 10.0 Å². The summed E-state index contributed by atoms with van der Waals surface area (Å²) in [6.45, 7) is 8.67. The molecule has 3 rings (SSSR count). The molecule has 1 atom stereocenters. The highest BCUT2D eigenvalue weighted by molar-refractivity contribution is 7.92. The first-order chi connectivity index (χ1) is 17.9. The molecule has 0 heterocycles. The molecule has 202 valence electrons. The van der Waals surface area contributed by atoms with Gasteiger partial charge in [0.2, 0.25) is 11.8 Å². The van der Waals surface area contributed by atoms with Gasteiger partial charge in [-0.25, -0.2) is 8.42 Å². The van der Waals surface area contributed by atoms with E-state index < -0.39 is 28.5 Å². The number of hydrogen-bond acceptors (Lipinski definition) is 4. The molecular formula is C29H34ClN3O4S.